The lowest BCUT2D eigenvalue weighted by atomic mass is 10.0. The number of alkyl halides is 3. The first-order valence-corrected chi connectivity index (χ1v) is 9.70. The molecule has 30 heavy (non-hydrogen) atoms. The van der Waals surface area contributed by atoms with Gasteiger partial charge in [-0.25, -0.2) is 4.68 Å². The minimum atomic E-state index is -4.42. The number of aromatic nitrogens is 2. The highest BCUT2D eigenvalue weighted by molar-refractivity contribution is 9.10. The summed E-state index contributed by atoms with van der Waals surface area (Å²) in [6, 6.07) is 13.2. The van der Waals surface area contributed by atoms with Gasteiger partial charge < -0.3 is 5.32 Å². The maximum atomic E-state index is 12.7. The van der Waals surface area contributed by atoms with E-state index in [4.69, 9.17) is 0 Å². The molecule has 156 valence electrons. The standard InChI is InChI=1S/C21H17BrF3N3O2/c1-13-10-15(11-14-2-4-16(5-3-14)21(23,24)25)20(30)28(27-13)12-19(29)26-18-8-6-17(22)7-9-18/h2-10H,11-12H2,1H3,(H,26,29). The first-order chi connectivity index (χ1) is 14.1. The summed E-state index contributed by atoms with van der Waals surface area (Å²) in [5.74, 6) is -0.419. The van der Waals surface area contributed by atoms with Crippen molar-refractivity contribution in [1.82, 2.24) is 9.78 Å². The zero-order valence-corrected chi connectivity index (χ0v) is 17.4. The van der Waals surface area contributed by atoms with Crippen LogP contribution in [0.3, 0.4) is 0 Å². The highest BCUT2D eigenvalue weighted by atomic mass is 79.9. The lowest BCUT2D eigenvalue weighted by Gasteiger charge is -2.11. The second-order valence-electron chi connectivity index (χ2n) is 6.70. The molecule has 0 radical (unpaired) electrons. The van der Waals surface area contributed by atoms with E-state index in [2.05, 4.69) is 26.3 Å². The van der Waals surface area contributed by atoms with Gasteiger partial charge in [0.1, 0.15) is 6.54 Å². The van der Waals surface area contributed by atoms with E-state index in [0.29, 0.717) is 22.5 Å². The zero-order chi connectivity index (χ0) is 21.9. The summed E-state index contributed by atoms with van der Waals surface area (Å²) in [4.78, 5) is 25.0. The SMILES string of the molecule is Cc1cc(Cc2ccc(C(F)(F)F)cc2)c(=O)n(CC(=O)Nc2ccc(Br)cc2)n1. The molecule has 1 heterocycles. The van der Waals surface area contributed by atoms with Crippen molar-refractivity contribution >= 4 is 27.5 Å². The van der Waals surface area contributed by atoms with E-state index in [-0.39, 0.29) is 13.0 Å². The van der Waals surface area contributed by atoms with Crippen LogP contribution in [0.2, 0.25) is 0 Å². The quantitative estimate of drug-likeness (QED) is 0.583. The highest BCUT2D eigenvalue weighted by Crippen LogP contribution is 2.29. The number of hydrogen-bond donors (Lipinski definition) is 1. The Balaban J connectivity index is 1.77. The molecule has 9 heteroatoms. The number of aryl methyl sites for hydroxylation is 1. The van der Waals surface area contributed by atoms with Crippen LogP contribution in [0.1, 0.15) is 22.4 Å². The third-order valence-electron chi connectivity index (χ3n) is 4.27. The minimum Gasteiger partial charge on any atom is -0.324 e. The van der Waals surface area contributed by atoms with Gasteiger partial charge in [0.05, 0.1) is 11.3 Å². The summed E-state index contributed by atoms with van der Waals surface area (Å²) in [5, 5.41) is 6.79. The van der Waals surface area contributed by atoms with Crippen LogP contribution in [0.15, 0.2) is 63.9 Å². The summed E-state index contributed by atoms with van der Waals surface area (Å²) in [7, 11) is 0. The van der Waals surface area contributed by atoms with Crippen LogP contribution < -0.4 is 10.9 Å². The summed E-state index contributed by atoms with van der Waals surface area (Å²) in [5.41, 5.74) is 0.780. The predicted octanol–water partition coefficient (Wildman–Crippen LogP) is 4.56. The second-order valence-corrected chi connectivity index (χ2v) is 7.62. The topological polar surface area (TPSA) is 64.0 Å². The maximum Gasteiger partial charge on any atom is 0.416 e. The van der Waals surface area contributed by atoms with Crippen molar-refractivity contribution in [2.24, 2.45) is 0 Å². The van der Waals surface area contributed by atoms with Crippen LogP contribution in [-0.2, 0) is 23.9 Å². The Bertz CT molecular complexity index is 1110. The fourth-order valence-corrected chi connectivity index (χ4v) is 3.14. The van der Waals surface area contributed by atoms with Crippen molar-refractivity contribution < 1.29 is 18.0 Å². The third kappa shape index (κ3) is 5.56. The lowest BCUT2D eigenvalue weighted by molar-refractivity contribution is -0.137. The molecule has 0 saturated heterocycles. The fraction of sp³-hybridized carbons (Fsp3) is 0.190. The zero-order valence-electron chi connectivity index (χ0n) is 15.8. The van der Waals surface area contributed by atoms with Crippen LogP contribution in [-0.4, -0.2) is 15.7 Å². The molecule has 0 bridgehead atoms. The van der Waals surface area contributed by atoms with Gasteiger partial charge in [-0.05, 0) is 55.0 Å². The predicted molar refractivity (Wildman–Crippen MR) is 110 cm³/mol. The third-order valence-corrected chi connectivity index (χ3v) is 4.80. The molecular formula is C21H17BrF3N3O2. The molecule has 0 unspecified atom stereocenters. The van der Waals surface area contributed by atoms with Gasteiger partial charge in [-0.15, -0.1) is 0 Å². The molecule has 0 saturated carbocycles. The van der Waals surface area contributed by atoms with Crippen molar-refractivity contribution in [1.29, 1.82) is 0 Å². The Labute approximate surface area is 178 Å². The number of anilines is 1. The van der Waals surface area contributed by atoms with Crippen molar-refractivity contribution in [3.63, 3.8) is 0 Å². The van der Waals surface area contributed by atoms with Gasteiger partial charge in [-0.2, -0.15) is 18.3 Å². The van der Waals surface area contributed by atoms with Crippen LogP contribution in [0.5, 0.6) is 0 Å². The largest absolute Gasteiger partial charge is 0.416 e. The normalized spacial score (nSPS) is 11.4. The molecule has 1 amide bonds. The fourth-order valence-electron chi connectivity index (χ4n) is 2.88. The van der Waals surface area contributed by atoms with Crippen molar-refractivity contribution in [3.05, 3.63) is 91.8 Å². The molecule has 0 spiro atoms. The highest BCUT2D eigenvalue weighted by Gasteiger charge is 2.29. The van der Waals surface area contributed by atoms with Gasteiger partial charge in [0.15, 0.2) is 0 Å². The number of benzene rings is 2. The van der Waals surface area contributed by atoms with Gasteiger partial charge in [0.2, 0.25) is 5.91 Å². The Hall–Kier alpha value is -2.94. The van der Waals surface area contributed by atoms with Gasteiger partial charge in [0, 0.05) is 22.1 Å². The van der Waals surface area contributed by atoms with Crippen molar-refractivity contribution in [2.75, 3.05) is 5.32 Å². The van der Waals surface area contributed by atoms with Gasteiger partial charge >= 0.3 is 6.18 Å². The van der Waals surface area contributed by atoms with E-state index in [1.54, 1.807) is 37.3 Å². The van der Waals surface area contributed by atoms with E-state index >= 15 is 0 Å². The van der Waals surface area contributed by atoms with E-state index in [1.165, 1.54) is 12.1 Å². The first kappa shape index (κ1) is 21.8. The Morgan fingerprint density at radius 1 is 1.10 bits per heavy atom. The van der Waals surface area contributed by atoms with E-state index in [1.807, 2.05) is 0 Å². The van der Waals surface area contributed by atoms with E-state index < -0.39 is 23.2 Å². The summed E-state index contributed by atoms with van der Waals surface area (Å²) >= 11 is 3.31. The number of halogens is 4. The Morgan fingerprint density at radius 2 is 1.73 bits per heavy atom. The molecule has 0 aliphatic heterocycles. The van der Waals surface area contributed by atoms with Crippen LogP contribution >= 0.6 is 15.9 Å². The monoisotopic (exact) mass is 479 g/mol. The van der Waals surface area contributed by atoms with E-state index in [0.717, 1.165) is 21.3 Å². The van der Waals surface area contributed by atoms with Gasteiger partial charge in [-0.3, -0.25) is 9.59 Å². The molecule has 3 rings (SSSR count). The molecule has 0 atom stereocenters. The van der Waals surface area contributed by atoms with Gasteiger partial charge in [0.25, 0.3) is 5.56 Å². The second kappa shape index (κ2) is 8.83. The average molecular weight is 480 g/mol. The lowest BCUT2D eigenvalue weighted by Crippen LogP contribution is -2.32. The van der Waals surface area contributed by atoms with Crippen LogP contribution in [0.25, 0.3) is 0 Å². The summed E-state index contributed by atoms with van der Waals surface area (Å²) in [6.07, 6.45) is -4.28. The number of nitrogens with zero attached hydrogens (tertiary/aromatic N) is 2. The van der Waals surface area contributed by atoms with E-state index in [9.17, 15) is 22.8 Å². The molecule has 1 N–H and O–H groups in total. The Kier molecular flexibility index (Phi) is 6.40. The maximum absolute atomic E-state index is 12.7. The number of nitrogens with one attached hydrogen (secondary N) is 1. The summed E-state index contributed by atoms with van der Waals surface area (Å²) in [6.45, 7) is 1.40. The van der Waals surface area contributed by atoms with Crippen molar-refractivity contribution in [3.8, 4) is 0 Å². The smallest absolute Gasteiger partial charge is 0.324 e. The molecule has 3 aromatic rings. The van der Waals surface area contributed by atoms with Crippen molar-refractivity contribution in [2.45, 2.75) is 26.1 Å². The molecule has 5 nitrogen and oxygen atoms in total. The average Bonchev–Trinajstić information content (AvgIpc) is 2.67. The van der Waals surface area contributed by atoms with Crippen LogP contribution in [0.4, 0.5) is 18.9 Å². The Morgan fingerprint density at radius 3 is 2.33 bits per heavy atom. The summed E-state index contributed by atoms with van der Waals surface area (Å²) < 4.78 is 40.1. The first-order valence-electron chi connectivity index (χ1n) is 8.91. The number of carbonyl (C=O) groups excluding carboxylic acids is 1. The molecule has 1 aromatic heterocycles. The molecule has 0 aliphatic rings. The minimum absolute atomic E-state index is 0.134. The molecular weight excluding hydrogens is 463 g/mol. The molecule has 0 aliphatic carbocycles. The van der Waals surface area contributed by atoms with Crippen LogP contribution in [0, 0.1) is 6.92 Å². The number of carbonyl (C=O) groups is 1. The number of rotatable bonds is 5. The molecule has 2 aromatic carbocycles. The number of hydrogen-bond acceptors (Lipinski definition) is 3. The molecule has 0 fully saturated rings. The van der Waals surface area contributed by atoms with Gasteiger partial charge in [-0.1, -0.05) is 28.1 Å². The number of amides is 1.